The lowest BCUT2D eigenvalue weighted by atomic mass is 9.86. The van der Waals surface area contributed by atoms with Crippen molar-refractivity contribution in [3.63, 3.8) is 0 Å². The van der Waals surface area contributed by atoms with Gasteiger partial charge in [-0.1, -0.05) is 33.8 Å². The van der Waals surface area contributed by atoms with Gasteiger partial charge >= 0.3 is 0 Å². The van der Waals surface area contributed by atoms with E-state index < -0.39 is 0 Å². The lowest BCUT2D eigenvalue weighted by molar-refractivity contribution is -0.126. The number of allylic oxidation sites excluding steroid dienone is 1. The minimum atomic E-state index is 0.156. The molecule has 13 heavy (non-hydrogen) atoms. The average molecular weight is 182 g/mol. The number of hydrogen-bond donors (Lipinski definition) is 0. The standard InChI is InChI=1S/C12H22O/c1-6-7-11(8-9(2)3)12(13)10(4)5/h6,9-11H,1,7-8H2,2-5H3. The maximum absolute atomic E-state index is 11.7. The van der Waals surface area contributed by atoms with E-state index in [1.807, 2.05) is 19.9 Å². The van der Waals surface area contributed by atoms with Gasteiger partial charge in [-0.2, -0.15) is 0 Å². The zero-order valence-corrected chi connectivity index (χ0v) is 9.34. The number of ketones is 1. The summed E-state index contributed by atoms with van der Waals surface area (Å²) in [6.07, 6.45) is 3.67. The summed E-state index contributed by atoms with van der Waals surface area (Å²) in [6, 6.07) is 0. The van der Waals surface area contributed by atoms with Crippen LogP contribution in [0, 0.1) is 17.8 Å². The van der Waals surface area contributed by atoms with Crippen LogP contribution in [0.4, 0.5) is 0 Å². The summed E-state index contributed by atoms with van der Waals surface area (Å²) < 4.78 is 0. The molecule has 0 saturated carbocycles. The van der Waals surface area contributed by atoms with E-state index in [1.54, 1.807) is 0 Å². The normalized spacial score (nSPS) is 13.4. The van der Waals surface area contributed by atoms with Gasteiger partial charge in [0.1, 0.15) is 5.78 Å². The minimum absolute atomic E-state index is 0.156. The van der Waals surface area contributed by atoms with Gasteiger partial charge in [0.05, 0.1) is 0 Å². The van der Waals surface area contributed by atoms with Crippen LogP contribution in [0.5, 0.6) is 0 Å². The molecule has 0 fully saturated rings. The van der Waals surface area contributed by atoms with Crippen LogP contribution in [0.3, 0.4) is 0 Å². The predicted molar refractivity (Wildman–Crippen MR) is 57.6 cm³/mol. The number of Topliss-reactive ketones (excluding diaryl/α,β-unsaturated/α-hetero) is 1. The van der Waals surface area contributed by atoms with Crippen molar-refractivity contribution in [3.05, 3.63) is 12.7 Å². The van der Waals surface area contributed by atoms with Gasteiger partial charge in [0.15, 0.2) is 0 Å². The Morgan fingerprint density at radius 1 is 1.31 bits per heavy atom. The Morgan fingerprint density at radius 3 is 2.15 bits per heavy atom. The van der Waals surface area contributed by atoms with Crippen molar-refractivity contribution in [2.45, 2.75) is 40.5 Å². The quantitative estimate of drug-likeness (QED) is 0.575. The first kappa shape index (κ1) is 12.4. The molecule has 0 rings (SSSR count). The van der Waals surface area contributed by atoms with Gasteiger partial charge in [0, 0.05) is 11.8 Å². The third-order valence-electron chi connectivity index (χ3n) is 2.18. The fourth-order valence-corrected chi connectivity index (χ4v) is 1.57. The Hall–Kier alpha value is -0.590. The van der Waals surface area contributed by atoms with Crippen molar-refractivity contribution in [2.75, 3.05) is 0 Å². The minimum Gasteiger partial charge on any atom is -0.299 e. The number of hydrogen-bond acceptors (Lipinski definition) is 1. The largest absolute Gasteiger partial charge is 0.299 e. The van der Waals surface area contributed by atoms with E-state index in [4.69, 9.17) is 0 Å². The lowest BCUT2D eigenvalue weighted by Crippen LogP contribution is -2.21. The molecule has 1 heteroatoms. The number of carbonyl (C=O) groups excluding carboxylic acids is 1. The predicted octanol–water partition coefficient (Wildman–Crippen LogP) is 3.45. The van der Waals surface area contributed by atoms with Crippen molar-refractivity contribution in [1.29, 1.82) is 0 Å². The van der Waals surface area contributed by atoms with E-state index in [0.29, 0.717) is 11.7 Å². The van der Waals surface area contributed by atoms with Crippen molar-refractivity contribution in [2.24, 2.45) is 17.8 Å². The zero-order valence-electron chi connectivity index (χ0n) is 9.34. The van der Waals surface area contributed by atoms with Gasteiger partial charge in [-0.3, -0.25) is 4.79 Å². The van der Waals surface area contributed by atoms with Crippen LogP contribution < -0.4 is 0 Å². The van der Waals surface area contributed by atoms with Crippen LogP contribution >= 0.6 is 0 Å². The van der Waals surface area contributed by atoms with Crippen molar-refractivity contribution in [1.82, 2.24) is 0 Å². The smallest absolute Gasteiger partial charge is 0.138 e. The monoisotopic (exact) mass is 182 g/mol. The Labute approximate surface area is 82.2 Å². The van der Waals surface area contributed by atoms with Crippen LogP contribution in [0.25, 0.3) is 0 Å². The van der Waals surface area contributed by atoms with Gasteiger partial charge in [-0.15, -0.1) is 6.58 Å². The maximum Gasteiger partial charge on any atom is 0.138 e. The van der Waals surface area contributed by atoms with E-state index >= 15 is 0 Å². The molecule has 1 unspecified atom stereocenters. The van der Waals surface area contributed by atoms with E-state index in [2.05, 4.69) is 20.4 Å². The third-order valence-corrected chi connectivity index (χ3v) is 2.18. The Kier molecular flexibility index (Phi) is 5.68. The van der Waals surface area contributed by atoms with E-state index in [-0.39, 0.29) is 11.8 Å². The summed E-state index contributed by atoms with van der Waals surface area (Å²) in [5, 5.41) is 0. The summed E-state index contributed by atoms with van der Waals surface area (Å²) in [4.78, 5) is 11.7. The molecular formula is C12H22O. The van der Waals surface area contributed by atoms with Crippen LogP contribution in [0.1, 0.15) is 40.5 Å². The highest BCUT2D eigenvalue weighted by atomic mass is 16.1. The average Bonchev–Trinajstić information content (AvgIpc) is 2.01. The molecule has 0 aromatic carbocycles. The number of rotatable bonds is 6. The molecule has 0 aromatic heterocycles. The van der Waals surface area contributed by atoms with Crippen LogP contribution in [0.15, 0.2) is 12.7 Å². The Morgan fingerprint density at radius 2 is 1.85 bits per heavy atom. The highest BCUT2D eigenvalue weighted by Crippen LogP contribution is 2.20. The van der Waals surface area contributed by atoms with E-state index in [0.717, 1.165) is 12.8 Å². The lowest BCUT2D eigenvalue weighted by Gasteiger charge is -2.18. The third kappa shape index (κ3) is 4.87. The molecule has 0 amide bonds. The topological polar surface area (TPSA) is 17.1 Å². The summed E-state index contributed by atoms with van der Waals surface area (Å²) in [7, 11) is 0. The summed E-state index contributed by atoms with van der Waals surface area (Å²) in [5.41, 5.74) is 0. The van der Waals surface area contributed by atoms with Crippen molar-refractivity contribution < 1.29 is 4.79 Å². The molecule has 0 N–H and O–H groups in total. The highest BCUT2D eigenvalue weighted by Gasteiger charge is 2.20. The van der Waals surface area contributed by atoms with Crippen molar-refractivity contribution in [3.8, 4) is 0 Å². The fraction of sp³-hybridized carbons (Fsp3) is 0.750. The molecule has 0 bridgehead atoms. The maximum atomic E-state index is 11.7. The Bertz CT molecular complexity index is 168. The van der Waals surface area contributed by atoms with Gasteiger partial charge in [-0.05, 0) is 18.8 Å². The second-order valence-corrected chi connectivity index (χ2v) is 4.41. The molecular weight excluding hydrogens is 160 g/mol. The summed E-state index contributed by atoms with van der Waals surface area (Å²) >= 11 is 0. The molecule has 0 aromatic rings. The molecule has 76 valence electrons. The Balaban J connectivity index is 4.23. The van der Waals surface area contributed by atoms with Crippen LogP contribution in [-0.4, -0.2) is 5.78 Å². The number of carbonyl (C=O) groups is 1. The highest BCUT2D eigenvalue weighted by molar-refractivity contribution is 5.82. The second-order valence-electron chi connectivity index (χ2n) is 4.41. The first-order valence-corrected chi connectivity index (χ1v) is 5.13. The molecule has 0 spiro atoms. The van der Waals surface area contributed by atoms with Crippen LogP contribution in [0.2, 0.25) is 0 Å². The van der Waals surface area contributed by atoms with Gasteiger partial charge in [0.2, 0.25) is 0 Å². The first-order valence-electron chi connectivity index (χ1n) is 5.13. The molecule has 0 aliphatic heterocycles. The molecule has 0 heterocycles. The van der Waals surface area contributed by atoms with E-state index in [1.165, 1.54) is 0 Å². The molecule has 0 saturated heterocycles. The molecule has 0 aliphatic rings. The first-order chi connectivity index (χ1) is 5.99. The second kappa shape index (κ2) is 5.95. The summed E-state index contributed by atoms with van der Waals surface area (Å²) in [5.74, 6) is 1.32. The molecule has 0 radical (unpaired) electrons. The molecule has 1 atom stereocenters. The summed E-state index contributed by atoms with van der Waals surface area (Å²) in [6.45, 7) is 12.0. The molecule has 1 nitrogen and oxygen atoms in total. The fourth-order valence-electron chi connectivity index (χ4n) is 1.57. The molecule has 0 aliphatic carbocycles. The van der Waals surface area contributed by atoms with Gasteiger partial charge in [0.25, 0.3) is 0 Å². The zero-order chi connectivity index (χ0) is 10.4. The van der Waals surface area contributed by atoms with Crippen molar-refractivity contribution >= 4 is 5.78 Å². The van der Waals surface area contributed by atoms with E-state index in [9.17, 15) is 4.79 Å². The van der Waals surface area contributed by atoms with Crippen LogP contribution in [-0.2, 0) is 4.79 Å². The van der Waals surface area contributed by atoms with Gasteiger partial charge in [-0.25, -0.2) is 0 Å². The SMILES string of the molecule is C=CCC(CC(C)C)C(=O)C(C)C. The van der Waals surface area contributed by atoms with Gasteiger partial charge < -0.3 is 0 Å².